The van der Waals surface area contributed by atoms with Gasteiger partial charge in [-0.05, 0) is 32.2 Å². The third-order valence-electron chi connectivity index (χ3n) is 5.47. The van der Waals surface area contributed by atoms with Crippen LogP contribution < -0.4 is 0 Å². The Morgan fingerprint density at radius 2 is 1.87 bits per heavy atom. The summed E-state index contributed by atoms with van der Waals surface area (Å²) in [4.78, 5) is 16.3. The minimum Gasteiger partial charge on any atom is -0.332 e. The summed E-state index contributed by atoms with van der Waals surface area (Å²) in [7, 11) is 2.02. The van der Waals surface area contributed by atoms with E-state index in [2.05, 4.69) is 14.9 Å². The molecule has 1 aliphatic carbocycles. The van der Waals surface area contributed by atoms with E-state index in [1.165, 1.54) is 45.1 Å². The van der Waals surface area contributed by atoms with Crippen LogP contribution in [0.25, 0.3) is 11.4 Å². The Labute approximate surface area is 137 Å². The van der Waals surface area contributed by atoms with Crippen LogP contribution in [0.1, 0.15) is 50.1 Å². The second-order valence-corrected chi connectivity index (χ2v) is 6.95. The fraction of sp³-hybridized carbons (Fsp3) is 0.611. The molecule has 2 aromatic rings. The zero-order chi connectivity index (χ0) is 15.6. The predicted molar refractivity (Wildman–Crippen MR) is 90.0 cm³/mol. The van der Waals surface area contributed by atoms with E-state index in [4.69, 9.17) is 4.98 Å². The Morgan fingerprint density at radius 1 is 1.04 bits per heavy atom. The van der Waals surface area contributed by atoms with Crippen molar-refractivity contribution in [1.82, 2.24) is 24.4 Å². The summed E-state index contributed by atoms with van der Waals surface area (Å²) in [6.45, 7) is 2.39. The Hall–Kier alpha value is -1.75. The molecule has 23 heavy (non-hydrogen) atoms. The summed E-state index contributed by atoms with van der Waals surface area (Å²) in [5, 5.41) is 0. The van der Waals surface area contributed by atoms with E-state index in [9.17, 15) is 0 Å². The topological polar surface area (TPSA) is 46.8 Å². The lowest BCUT2D eigenvalue weighted by molar-refractivity contribution is 0.149. The van der Waals surface area contributed by atoms with Crippen LogP contribution in [0.15, 0.2) is 24.9 Å². The van der Waals surface area contributed by atoms with Crippen molar-refractivity contribution in [2.45, 2.75) is 50.5 Å². The van der Waals surface area contributed by atoms with Crippen molar-refractivity contribution in [3.8, 4) is 11.4 Å². The van der Waals surface area contributed by atoms with Gasteiger partial charge in [0.25, 0.3) is 0 Å². The van der Waals surface area contributed by atoms with Gasteiger partial charge in [-0.3, -0.25) is 14.9 Å². The van der Waals surface area contributed by atoms with Crippen LogP contribution in [0.2, 0.25) is 0 Å². The molecule has 1 unspecified atom stereocenters. The molecule has 1 atom stereocenters. The standard InChI is InChI=1S/C18H25N5/c1-22-13-19-11-16(22)18-17(20-8-9-21-18)14-5-4-10-23(12-14)15-6-2-3-7-15/h8-9,11,13-15H,2-7,10,12H2,1H3. The van der Waals surface area contributed by atoms with E-state index in [1.54, 1.807) is 6.20 Å². The zero-order valence-corrected chi connectivity index (χ0v) is 13.9. The van der Waals surface area contributed by atoms with Gasteiger partial charge in [0.15, 0.2) is 0 Å². The van der Waals surface area contributed by atoms with Gasteiger partial charge >= 0.3 is 0 Å². The zero-order valence-electron chi connectivity index (χ0n) is 13.9. The van der Waals surface area contributed by atoms with Gasteiger partial charge < -0.3 is 4.57 Å². The van der Waals surface area contributed by atoms with Gasteiger partial charge in [0.05, 0.1) is 23.9 Å². The molecular weight excluding hydrogens is 286 g/mol. The Kier molecular flexibility index (Phi) is 4.12. The summed E-state index contributed by atoms with van der Waals surface area (Å²) >= 11 is 0. The van der Waals surface area contributed by atoms with Gasteiger partial charge in [-0.1, -0.05) is 12.8 Å². The molecule has 2 aliphatic rings. The highest BCUT2D eigenvalue weighted by atomic mass is 15.2. The molecule has 122 valence electrons. The smallest absolute Gasteiger partial charge is 0.110 e. The Balaban J connectivity index is 1.61. The lowest BCUT2D eigenvalue weighted by atomic mass is 9.91. The number of imidazole rings is 1. The molecule has 1 saturated heterocycles. The SMILES string of the molecule is Cn1cncc1-c1nccnc1C1CCCN(C2CCCC2)C1. The first-order chi connectivity index (χ1) is 11.3. The van der Waals surface area contributed by atoms with Crippen molar-refractivity contribution in [2.75, 3.05) is 13.1 Å². The van der Waals surface area contributed by atoms with Crippen molar-refractivity contribution in [3.05, 3.63) is 30.6 Å². The Morgan fingerprint density at radius 3 is 2.65 bits per heavy atom. The van der Waals surface area contributed by atoms with Gasteiger partial charge in [0.1, 0.15) is 5.69 Å². The normalized spacial score (nSPS) is 23.4. The minimum absolute atomic E-state index is 0.489. The number of likely N-dealkylation sites (tertiary alicyclic amines) is 1. The first-order valence-electron chi connectivity index (χ1n) is 8.84. The fourth-order valence-corrected chi connectivity index (χ4v) is 4.26. The number of hydrogen-bond donors (Lipinski definition) is 0. The van der Waals surface area contributed by atoms with Crippen molar-refractivity contribution in [1.29, 1.82) is 0 Å². The highest BCUT2D eigenvalue weighted by molar-refractivity contribution is 5.57. The molecule has 1 saturated carbocycles. The van der Waals surface area contributed by atoms with Crippen LogP contribution >= 0.6 is 0 Å². The lowest BCUT2D eigenvalue weighted by Crippen LogP contribution is -2.41. The van der Waals surface area contributed by atoms with Crippen LogP contribution in [0.3, 0.4) is 0 Å². The number of aryl methyl sites for hydroxylation is 1. The van der Waals surface area contributed by atoms with Crippen molar-refractivity contribution < 1.29 is 0 Å². The van der Waals surface area contributed by atoms with Crippen LogP contribution in [-0.4, -0.2) is 43.6 Å². The predicted octanol–water partition coefficient (Wildman–Crippen LogP) is 3.00. The number of hydrogen-bond acceptors (Lipinski definition) is 4. The van der Waals surface area contributed by atoms with E-state index >= 15 is 0 Å². The second kappa shape index (κ2) is 6.40. The van der Waals surface area contributed by atoms with Crippen molar-refractivity contribution in [3.63, 3.8) is 0 Å². The van der Waals surface area contributed by atoms with Crippen LogP contribution in [-0.2, 0) is 7.05 Å². The first-order valence-corrected chi connectivity index (χ1v) is 8.84. The van der Waals surface area contributed by atoms with Gasteiger partial charge in [-0.25, -0.2) is 4.98 Å². The van der Waals surface area contributed by atoms with Crippen LogP contribution in [0, 0.1) is 0 Å². The van der Waals surface area contributed by atoms with Crippen molar-refractivity contribution in [2.24, 2.45) is 7.05 Å². The highest BCUT2D eigenvalue weighted by Gasteiger charge is 2.30. The molecule has 0 bridgehead atoms. The van der Waals surface area contributed by atoms with E-state index in [1.807, 2.05) is 30.3 Å². The third kappa shape index (κ3) is 2.90. The van der Waals surface area contributed by atoms with Crippen molar-refractivity contribution >= 4 is 0 Å². The number of piperidine rings is 1. The Bertz CT molecular complexity index is 659. The largest absolute Gasteiger partial charge is 0.332 e. The summed E-state index contributed by atoms with van der Waals surface area (Å²) in [5.41, 5.74) is 3.22. The fourth-order valence-electron chi connectivity index (χ4n) is 4.26. The highest BCUT2D eigenvalue weighted by Crippen LogP contribution is 2.34. The first kappa shape index (κ1) is 14.8. The summed E-state index contributed by atoms with van der Waals surface area (Å²) in [6.07, 6.45) is 15.4. The quantitative estimate of drug-likeness (QED) is 0.874. The molecule has 0 aromatic carbocycles. The van der Waals surface area contributed by atoms with Crippen LogP contribution in [0.5, 0.6) is 0 Å². The molecule has 0 amide bonds. The van der Waals surface area contributed by atoms with E-state index in [0.29, 0.717) is 5.92 Å². The second-order valence-electron chi connectivity index (χ2n) is 6.95. The van der Waals surface area contributed by atoms with Gasteiger partial charge in [-0.15, -0.1) is 0 Å². The summed E-state index contributed by atoms with van der Waals surface area (Å²) in [6, 6.07) is 0.801. The molecule has 3 heterocycles. The monoisotopic (exact) mass is 311 g/mol. The van der Waals surface area contributed by atoms with E-state index in [-0.39, 0.29) is 0 Å². The average molecular weight is 311 g/mol. The maximum Gasteiger partial charge on any atom is 0.110 e. The number of aromatic nitrogens is 4. The van der Waals surface area contributed by atoms with Crippen LogP contribution in [0.4, 0.5) is 0 Å². The van der Waals surface area contributed by atoms with Gasteiger partial charge in [0, 0.05) is 37.9 Å². The molecule has 2 fully saturated rings. The maximum absolute atomic E-state index is 4.73. The molecule has 1 aliphatic heterocycles. The third-order valence-corrected chi connectivity index (χ3v) is 5.47. The maximum atomic E-state index is 4.73. The molecule has 4 rings (SSSR count). The molecule has 0 radical (unpaired) electrons. The van der Waals surface area contributed by atoms with E-state index < -0.39 is 0 Å². The minimum atomic E-state index is 0.489. The summed E-state index contributed by atoms with van der Waals surface area (Å²) in [5.74, 6) is 0.489. The van der Waals surface area contributed by atoms with Gasteiger partial charge in [-0.2, -0.15) is 0 Å². The number of nitrogens with zero attached hydrogens (tertiary/aromatic N) is 5. The molecule has 0 N–H and O–H groups in total. The molecule has 5 nitrogen and oxygen atoms in total. The molecule has 2 aromatic heterocycles. The van der Waals surface area contributed by atoms with Gasteiger partial charge in [0.2, 0.25) is 0 Å². The molecular formula is C18H25N5. The molecule has 5 heteroatoms. The average Bonchev–Trinajstić information content (AvgIpc) is 3.26. The molecule has 0 spiro atoms. The summed E-state index contributed by atoms with van der Waals surface area (Å²) < 4.78 is 2.03. The van der Waals surface area contributed by atoms with E-state index in [0.717, 1.165) is 29.7 Å². The number of rotatable bonds is 3. The lowest BCUT2D eigenvalue weighted by Gasteiger charge is -2.36.